The van der Waals surface area contributed by atoms with Gasteiger partial charge in [-0.1, -0.05) is 28.1 Å². The lowest BCUT2D eigenvalue weighted by atomic mass is 10.1. The first-order valence-corrected chi connectivity index (χ1v) is 6.14. The Kier molecular flexibility index (Phi) is 5.49. The fourth-order valence-electron chi connectivity index (χ4n) is 1.42. The van der Waals surface area contributed by atoms with Crippen LogP contribution in [-0.4, -0.2) is 19.0 Å². The molecule has 0 spiro atoms. The van der Waals surface area contributed by atoms with E-state index in [1.54, 1.807) is 0 Å². The molecule has 0 bridgehead atoms. The Morgan fingerprint density at radius 2 is 2.25 bits per heavy atom. The minimum absolute atomic E-state index is 0.0611. The highest BCUT2D eigenvalue weighted by atomic mass is 79.9. The van der Waals surface area contributed by atoms with Crippen LogP contribution in [0, 0.1) is 6.92 Å². The predicted molar refractivity (Wildman–Crippen MR) is 69.3 cm³/mol. The van der Waals surface area contributed by atoms with Crippen molar-refractivity contribution in [2.75, 3.05) is 13.1 Å². The summed E-state index contributed by atoms with van der Waals surface area (Å²) in [5, 5.41) is 2.76. The highest BCUT2D eigenvalue weighted by Gasteiger charge is 2.02. The minimum Gasteiger partial charge on any atom is -0.355 e. The summed E-state index contributed by atoms with van der Waals surface area (Å²) >= 11 is 3.45. The van der Waals surface area contributed by atoms with Gasteiger partial charge in [0.15, 0.2) is 0 Å². The summed E-state index contributed by atoms with van der Waals surface area (Å²) in [7, 11) is 0. The van der Waals surface area contributed by atoms with Crippen molar-refractivity contribution in [2.45, 2.75) is 19.8 Å². The number of hydrogen-bond donors (Lipinski definition) is 2. The molecule has 0 saturated heterocycles. The van der Waals surface area contributed by atoms with Crippen LogP contribution in [0.2, 0.25) is 0 Å². The minimum atomic E-state index is 0.0611. The Hall–Kier alpha value is -0.870. The molecule has 3 N–H and O–H groups in total. The molecule has 3 nitrogen and oxygen atoms in total. The van der Waals surface area contributed by atoms with Gasteiger partial charge in [0.2, 0.25) is 5.91 Å². The van der Waals surface area contributed by atoms with E-state index in [1.807, 2.05) is 19.1 Å². The van der Waals surface area contributed by atoms with Crippen molar-refractivity contribution >= 4 is 21.8 Å². The Morgan fingerprint density at radius 3 is 2.88 bits per heavy atom. The zero-order chi connectivity index (χ0) is 12.0. The number of rotatable bonds is 5. The SMILES string of the molecule is Cc1cc(CCC(=O)NCCN)ccc1Br. The Balaban J connectivity index is 2.42. The van der Waals surface area contributed by atoms with Gasteiger partial charge in [-0.3, -0.25) is 4.79 Å². The Bertz CT molecular complexity index is 366. The molecule has 16 heavy (non-hydrogen) atoms. The smallest absolute Gasteiger partial charge is 0.220 e. The summed E-state index contributed by atoms with van der Waals surface area (Å²) in [5.41, 5.74) is 7.68. The molecule has 1 aromatic rings. The van der Waals surface area contributed by atoms with Crippen molar-refractivity contribution in [1.29, 1.82) is 0 Å². The molecule has 0 aliphatic heterocycles. The molecule has 0 unspecified atom stereocenters. The maximum Gasteiger partial charge on any atom is 0.220 e. The van der Waals surface area contributed by atoms with E-state index in [2.05, 4.69) is 27.3 Å². The van der Waals surface area contributed by atoms with E-state index in [0.29, 0.717) is 19.5 Å². The summed E-state index contributed by atoms with van der Waals surface area (Å²) in [6.45, 7) is 3.09. The average Bonchev–Trinajstić information content (AvgIpc) is 2.28. The first kappa shape index (κ1) is 13.2. The van der Waals surface area contributed by atoms with E-state index in [9.17, 15) is 4.79 Å². The molecule has 0 heterocycles. The molecule has 0 radical (unpaired) electrons. The van der Waals surface area contributed by atoms with Crippen LogP contribution in [-0.2, 0) is 11.2 Å². The lowest BCUT2D eigenvalue weighted by Gasteiger charge is -2.05. The number of aryl methyl sites for hydroxylation is 2. The molecule has 1 rings (SSSR count). The molecule has 0 saturated carbocycles. The molecule has 0 fully saturated rings. The summed E-state index contributed by atoms with van der Waals surface area (Å²) in [4.78, 5) is 11.4. The van der Waals surface area contributed by atoms with Crippen LogP contribution in [0.3, 0.4) is 0 Å². The summed E-state index contributed by atoms with van der Waals surface area (Å²) < 4.78 is 1.10. The third-order valence-electron chi connectivity index (χ3n) is 2.33. The number of carbonyl (C=O) groups is 1. The molecule has 4 heteroatoms. The summed E-state index contributed by atoms with van der Waals surface area (Å²) in [6, 6.07) is 6.15. The third kappa shape index (κ3) is 4.33. The topological polar surface area (TPSA) is 55.1 Å². The van der Waals surface area contributed by atoms with E-state index >= 15 is 0 Å². The normalized spacial score (nSPS) is 10.2. The second kappa shape index (κ2) is 6.66. The van der Waals surface area contributed by atoms with Crippen molar-refractivity contribution in [3.8, 4) is 0 Å². The first-order valence-electron chi connectivity index (χ1n) is 5.35. The quantitative estimate of drug-likeness (QED) is 0.866. The summed E-state index contributed by atoms with van der Waals surface area (Å²) in [6.07, 6.45) is 1.28. The second-order valence-electron chi connectivity index (χ2n) is 3.72. The molecule has 1 aromatic carbocycles. The number of nitrogens with one attached hydrogen (secondary N) is 1. The van der Waals surface area contributed by atoms with Gasteiger partial charge in [-0.25, -0.2) is 0 Å². The van der Waals surface area contributed by atoms with Crippen molar-refractivity contribution in [3.05, 3.63) is 33.8 Å². The number of amides is 1. The van der Waals surface area contributed by atoms with E-state index in [4.69, 9.17) is 5.73 Å². The largest absolute Gasteiger partial charge is 0.355 e. The average molecular weight is 285 g/mol. The van der Waals surface area contributed by atoms with Gasteiger partial charge in [0.05, 0.1) is 0 Å². The fraction of sp³-hybridized carbons (Fsp3) is 0.417. The van der Waals surface area contributed by atoms with Crippen LogP contribution in [0.4, 0.5) is 0 Å². The van der Waals surface area contributed by atoms with Gasteiger partial charge in [0.1, 0.15) is 0 Å². The number of hydrogen-bond acceptors (Lipinski definition) is 2. The van der Waals surface area contributed by atoms with Gasteiger partial charge in [0.25, 0.3) is 0 Å². The first-order chi connectivity index (χ1) is 7.63. The van der Waals surface area contributed by atoms with Gasteiger partial charge >= 0.3 is 0 Å². The van der Waals surface area contributed by atoms with Crippen LogP contribution in [0.15, 0.2) is 22.7 Å². The fourth-order valence-corrected chi connectivity index (χ4v) is 1.67. The lowest BCUT2D eigenvalue weighted by molar-refractivity contribution is -0.120. The predicted octanol–water partition coefficient (Wildman–Crippen LogP) is 1.77. The van der Waals surface area contributed by atoms with Crippen molar-refractivity contribution in [2.24, 2.45) is 5.73 Å². The number of nitrogens with two attached hydrogens (primary N) is 1. The van der Waals surface area contributed by atoms with Crippen LogP contribution < -0.4 is 11.1 Å². The molecule has 0 aromatic heterocycles. The molecule has 0 aliphatic rings. The molecule has 1 amide bonds. The zero-order valence-electron chi connectivity index (χ0n) is 9.42. The highest BCUT2D eigenvalue weighted by molar-refractivity contribution is 9.10. The van der Waals surface area contributed by atoms with Crippen molar-refractivity contribution in [1.82, 2.24) is 5.32 Å². The molecular formula is C12H17BrN2O. The lowest BCUT2D eigenvalue weighted by Crippen LogP contribution is -2.29. The van der Waals surface area contributed by atoms with E-state index in [-0.39, 0.29) is 5.91 Å². The molecule has 0 aliphatic carbocycles. The number of halogens is 1. The molecule has 0 atom stereocenters. The van der Waals surface area contributed by atoms with Crippen LogP contribution >= 0.6 is 15.9 Å². The van der Waals surface area contributed by atoms with Gasteiger partial charge in [0, 0.05) is 24.0 Å². The zero-order valence-corrected chi connectivity index (χ0v) is 11.0. The Morgan fingerprint density at radius 1 is 1.50 bits per heavy atom. The highest BCUT2D eigenvalue weighted by Crippen LogP contribution is 2.17. The maximum absolute atomic E-state index is 11.4. The third-order valence-corrected chi connectivity index (χ3v) is 3.22. The standard InChI is InChI=1S/C12H17BrN2O/c1-9-8-10(2-4-11(9)13)3-5-12(16)15-7-6-14/h2,4,8H,3,5-7,14H2,1H3,(H,15,16). The molecular weight excluding hydrogens is 268 g/mol. The van der Waals surface area contributed by atoms with E-state index < -0.39 is 0 Å². The number of carbonyl (C=O) groups excluding carboxylic acids is 1. The van der Waals surface area contributed by atoms with Crippen LogP contribution in [0.1, 0.15) is 17.5 Å². The van der Waals surface area contributed by atoms with Gasteiger partial charge < -0.3 is 11.1 Å². The van der Waals surface area contributed by atoms with E-state index in [0.717, 1.165) is 10.9 Å². The van der Waals surface area contributed by atoms with Crippen LogP contribution in [0.5, 0.6) is 0 Å². The van der Waals surface area contributed by atoms with Gasteiger partial charge in [-0.2, -0.15) is 0 Å². The van der Waals surface area contributed by atoms with Crippen LogP contribution in [0.25, 0.3) is 0 Å². The Labute approximate surface area is 105 Å². The summed E-state index contributed by atoms with van der Waals surface area (Å²) in [5.74, 6) is 0.0611. The van der Waals surface area contributed by atoms with Gasteiger partial charge in [-0.05, 0) is 30.5 Å². The molecule has 88 valence electrons. The van der Waals surface area contributed by atoms with Crippen molar-refractivity contribution < 1.29 is 4.79 Å². The maximum atomic E-state index is 11.4. The number of benzene rings is 1. The second-order valence-corrected chi connectivity index (χ2v) is 4.58. The van der Waals surface area contributed by atoms with Gasteiger partial charge in [-0.15, -0.1) is 0 Å². The monoisotopic (exact) mass is 284 g/mol. The van der Waals surface area contributed by atoms with E-state index in [1.165, 1.54) is 11.1 Å². The van der Waals surface area contributed by atoms with Crippen molar-refractivity contribution in [3.63, 3.8) is 0 Å².